The Kier molecular flexibility index (Phi) is 9.72. The normalized spacial score (nSPS) is 15.5. The van der Waals surface area contributed by atoms with Crippen LogP contribution in [0.5, 0.6) is 0 Å². The van der Waals surface area contributed by atoms with E-state index in [9.17, 15) is 0 Å². The molecule has 1 aliphatic heterocycles. The van der Waals surface area contributed by atoms with Crippen LogP contribution in [0, 0.1) is 27.7 Å². The topological polar surface area (TPSA) is 24.1 Å². The molecule has 6 aromatic rings. The number of nitrogens with one attached hydrogen (secondary N) is 2. The van der Waals surface area contributed by atoms with Crippen molar-refractivity contribution in [2.75, 3.05) is 10.6 Å². The molecule has 0 saturated carbocycles. The van der Waals surface area contributed by atoms with Crippen LogP contribution in [-0.4, -0.2) is 0 Å². The van der Waals surface area contributed by atoms with Crippen LogP contribution in [0.1, 0.15) is 72.9 Å². The molecule has 1 aliphatic rings. The number of rotatable bonds is 4. The number of anilines is 4. The summed E-state index contributed by atoms with van der Waals surface area (Å²) < 4.78 is 0. The third kappa shape index (κ3) is 6.90. The van der Waals surface area contributed by atoms with Crippen LogP contribution < -0.4 is 42.5 Å². The minimum atomic E-state index is -0.931. The molecule has 7 rings (SSSR count). The SMILES string of the molecule is Cc1ccc2c(c1)P(c1ccc(C(C)C)cc1)c1cc(C)ccc1Nc1ccc(C)cc1P(c1ccc(C(C)C)cc1)c1cc(C)ccc1N2. The minimum absolute atomic E-state index is 0.483. The fourth-order valence-corrected chi connectivity index (χ4v) is 12.2. The molecule has 0 radical (unpaired) electrons. The number of aryl methyl sites for hydroxylation is 4. The van der Waals surface area contributed by atoms with Gasteiger partial charge in [0.15, 0.2) is 0 Å². The number of hydrogen-bond donors (Lipinski definition) is 2. The van der Waals surface area contributed by atoms with E-state index in [-0.39, 0.29) is 0 Å². The van der Waals surface area contributed by atoms with E-state index < -0.39 is 15.8 Å². The Morgan fingerprint density at radius 2 is 0.620 bits per heavy atom. The number of fused-ring (bicyclic) bond motifs is 4. The van der Waals surface area contributed by atoms with Crippen LogP contribution in [0.4, 0.5) is 22.7 Å². The van der Waals surface area contributed by atoms with Crippen molar-refractivity contribution in [1.82, 2.24) is 0 Å². The van der Waals surface area contributed by atoms with Crippen molar-refractivity contribution in [3.63, 3.8) is 0 Å². The maximum absolute atomic E-state index is 4.07. The third-order valence-electron chi connectivity index (χ3n) is 9.75. The molecule has 0 amide bonds. The summed E-state index contributed by atoms with van der Waals surface area (Å²) in [6, 6.07) is 46.7. The lowest BCUT2D eigenvalue weighted by Gasteiger charge is -2.31. The first-order valence-corrected chi connectivity index (χ1v) is 20.5. The van der Waals surface area contributed by atoms with Gasteiger partial charge in [-0.05, 0) is 126 Å². The second-order valence-electron chi connectivity index (χ2n) is 14.5. The van der Waals surface area contributed by atoms with E-state index in [1.54, 1.807) is 0 Å². The third-order valence-corrected chi connectivity index (χ3v) is 14.8. The molecule has 6 aromatic carbocycles. The molecule has 0 saturated heterocycles. The molecule has 0 bridgehead atoms. The van der Waals surface area contributed by atoms with Gasteiger partial charge in [0, 0.05) is 44.0 Å². The van der Waals surface area contributed by atoms with Gasteiger partial charge in [0.2, 0.25) is 0 Å². The summed E-state index contributed by atoms with van der Waals surface area (Å²) in [5.74, 6) is 0.967. The summed E-state index contributed by atoms with van der Waals surface area (Å²) in [4.78, 5) is 0. The van der Waals surface area contributed by atoms with E-state index in [0.29, 0.717) is 11.8 Å². The van der Waals surface area contributed by atoms with E-state index in [1.807, 2.05) is 0 Å². The van der Waals surface area contributed by atoms with Gasteiger partial charge >= 0.3 is 0 Å². The number of hydrogen-bond acceptors (Lipinski definition) is 2. The van der Waals surface area contributed by atoms with Crippen molar-refractivity contribution in [2.24, 2.45) is 0 Å². The van der Waals surface area contributed by atoms with Crippen LogP contribution >= 0.6 is 15.8 Å². The predicted octanol–water partition coefficient (Wildman–Crippen LogP) is 10.5. The molecule has 0 atom stereocenters. The minimum Gasteiger partial charge on any atom is -0.354 e. The van der Waals surface area contributed by atoms with Crippen molar-refractivity contribution in [3.05, 3.63) is 155 Å². The van der Waals surface area contributed by atoms with Crippen LogP contribution in [0.15, 0.2) is 121 Å². The smallest absolute Gasteiger partial charge is 0.0469 e. The summed E-state index contributed by atoms with van der Waals surface area (Å²) in [6.45, 7) is 18.0. The summed E-state index contributed by atoms with van der Waals surface area (Å²) in [6.07, 6.45) is 0. The molecular weight excluding hydrogens is 642 g/mol. The molecule has 50 heavy (non-hydrogen) atoms. The van der Waals surface area contributed by atoms with Gasteiger partial charge in [-0.2, -0.15) is 0 Å². The molecule has 0 aliphatic carbocycles. The van der Waals surface area contributed by atoms with Crippen molar-refractivity contribution in [3.8, 4) is 0 Å². The lowest BCUT2D eigenvalue weighted by Crippen LogP contribution is -2.29. The van der Waals surface area contributed by atoms with Crippen LogP contribution in [-0.2, 0) is 0 Å². The van der Waals surface area contributed by atoms with Crippen LogP contribution in [0.25, 0.3) is 0 Å². The van der Waals surface area contributed by atoms with Gasteiger partial charge in [0.1, 0.15) is 0 Å². The molecule has 0 fully saturated rings. The summed E-state index contributed by atoms with van der Waals surface area (Å²) >= 11 is 0. The Bertz CT molecular complexity index is 1900. The van der Waals surface area contributed by atoms with Gasteiger partial charge in [-0.15, -0.1) is 0 Å². The highest BCUT2D eigenvalue weighted by Gasteiger charge is 2.28. The quantitative estimate of drug-likeness (QED) is 0.180. The lowest BCUT2D eigenvalue weighted by molar-refractivity contribution is 0.867. The first-order valence-electron chi connectivity index (χ1n) is 17.8. The summed E-state index contributed by atoms with van der Waals surface area (Å²) in [5, 5.41) is 16.2. The molecular formula is C46H48N2P2. The second-order valence-corrected chi connectivity index (χ2v) is 18.8. The van der Waals surface area contributed by atoms with Crippen LogP contribution in [0.2, 0.25) is 0 Å². The van der Waals surface area contributed by atoms with E-state index in [4.69, 9.17) is 0 Å². The zero-order chi connectivity index (χ0) is 35.1. The zero-order valence-corrected chi connectivity index (χ0v) is 32.4. The van der Waals surface area contributed by atoms with E-state index in [1.165, 1.54) is 88.0 Å². The van der Waals surface area contributed by atoms with Gasteiger partial charge in [0.25, 0.3) is 0 Å². The highest BCUT2D eigenvalue weighted by Crippen LogP contribution is 2.44. The van der Waals surface area contributed by atoms with E-state index in [0.717, 1.165) is 0 Å². The van der Waals surface area contributed by atoms with Crippen molar-refractivity contribution in [2.45, 2.75) is 67.2 Å². The zero-order valence-electron chi connectivity index (χ0n) is 30.6. The average molecular weight is 691 g/mol. The molecule has 2 N–H and O–H groups in total. The number of benzene rings is 6. The molecule has 4 heteroatoms. The van der Waals surface area contributed by atoms with Crippen molar-refractivity contribution < 1.29 is 0 Å². The molecule has 0 aromatic heterocycles. The first-order chi connectivity index (χ1) is 24.0. The Balaban J connectivity index is 1.55. The van der Waals surface area contributed by atoms with Crippen molar-refractivity contribution >= 4 is 70.4 Å². The molecule has 0 spiro atoms. The highest BCUT2D eigenvalue weighted by molar-refractivity contribution is 7.81. The highest BCUT2D eigenvalue weighted by atomic mass is 31.1. The predicted molar refractivity (Wildman–Crippen MR) is 224 cm³/mol. The van der Waals surface area contributed by atoms with E-state index >= 15 is 0 Å². The Hall–Kier alpha value is -4.22. The van der Waals surface area contributed by atoms with Crippen molar-refractivity contribution in [1.29, 1.82) is 0 Å². The second kappa shape index (κ2) is 14.2. The molecule has 1 heterocycles. The summed E-state index contributed by atoms with van der Waals surface area (Å²) in [7, 11) is -1.86. The average Bonchev–Trinajstić information content (AvgIpc) is 3.09. The fraction of sp³-hybridized carbons (Fsp3) is 0.217. The fourth-order valence-electron chi connectivity index (χ4n) is 6.85. The first kappa shape index (κ1) is 34.2. The monoisotopic (exact) mass is 690 g/mol. The van der Waals surface area contributed by atoms with E-state index in [2.05, 4.69) is 187 Å². The molecule has 0 unspecified atom stereocenters. The molecule has 252 valence electrons. The van der Waals surface area contributed by atoms with Gasteiger partial charge in [-0.25, -0.2) is 0 Å². The largest absolute Gasteiger partial charge is 0.354 e. The maximum atomic E-state index is 4.07. The van der Waals surface area contributed by atoms with Crippen LogP contribution in [0.3, 0.4) is 0 Å². The van der Waals surface area contributed by atoms with Gasteiger partial charge < -0.3 is 10.6 Å². The molecule has 2 nitrogen and oxygen atoms in total. The van der Waals surface area contributed by atoms with Gasteiger partial charge in [-0.1, -0.05) is 123 Å². The summed E-state index contributed by atoms with van der Waals surface area (Å²) in [5.41, 5.74) is 12.5. The standard InChI is InChI=1S/C46H48N2P2/c1-29(2)35-13-17-37(18-14-35)49-43-25-31(5)9-21-39(43)47-41-23-11-33(7)27-45(41)50(38-19-15-36(16-20-38)30(3)4)46-28-34(8)12-24-42(46)48-40-22-10-32(6)26-44(40)49/h9-30,47-48H,1-8H3. The maximum Gasteiger partial charge on any atom is 0.0469 e. The lowest BCUT2D eigenvalue weighted by atomic mass is 10.0. The Labute approximate surface area is 301 Å². The Morgan fingerprint density at radius 1 is 0.360 bits per heavy atom. The van der Waals surface area contributed by atoms with Gasteiger partial charge in [0.05, 0.1) is 0 Å². The van der Waals surface area contributed by atoms with Gasteiger partial charge in [-0.3, -0.25) is 0 Å². The Morgan fingerprint density at radius 3 is 0.860 bits per heavy atom.